The van der Waals surface area contributed by atoms with E-state index in [2.05, 4.69) is 40.4 Å². The average Bonchev–Trinajstić information content (AvgIpc) is 2.64. The Morgan fingerprint density at radius 1 is 1.50 bits per heavy atom. The van der Waals surface area contributed by atoms with Crippen LogP contribution in [0, 0.1) is 0 Å². The molecule has 0 spiro atoms. The average molecular weight is 290 g/mol. The molecule has 1 aromatic carbocycles. The summed E-state index contributed by atoms with van der Waals surface area (Å²) in [5.41, 5.74) is 2.57. The van der Waals surface area contributed by atoms with E-state index in [1.807, 2.05) is 0 Å². The molecule has 0 fully saturated rings. The zero-order valence-corrected chi connectivity index (χ0v) is 11.0. The number of hydrogen-bond donors (Lipinski definition) is 0. The van der Waals surface area contributed by atoms with Crippen LogP contribution in [0.15, 0.2) is 22.0 Å². The lowest BCUT2D eigenvalue weighted by molar-refractivity contribution is 1.14. The predicted octanol–water partition coefficient (Wildman–Crippen LogP) is 4.97. The van der Waals surface area contributed by atoms with Gasteiger partial charge in [0.25, 0.3) is 0 Å². The van der Waals surface area contributed by atoms with E-state index in [0.717, 1.165) is 6.42 Å². The fraction of sp³-hybridized carbons (Fsp3) is 0.273. The van der Waals surface area contributed by atoms with Gasteiger partial charge in [-0.1, -0.05) is 22.9 Å². The number of thiophene rings is 1. The summed E-state index contributed by atoms with van der Waals surface area (Å²) >= 11 is 11.3. The van der Waals surface area contributed by atoms with Gasteiger partial charge in [-0.05, 0) is 40.4 Å². The molecule has 2 rings (SSSR count). The number of alkyl halides is 1. The Morgan fingerprint density at radius 3 is 2.93 bits per heavy atom. The van der Waals surface area contributed by atoms with Crippen molar-refractivity contribution in [3.05, 3.63) is 33.1 Å². The molecule has 0 aliphatic heterocycles. The molecule has 0 nitrogen and oxygen atoms in total. The minimum atomic E-state index is 0.569. The summed E-state index contributed by atoms with van der Waals surface area (Å²) in [6.45, 7) is 2.18. The fourth-order valence-corrected chi connectivity index (χ4v) is 3.87. The van der Waals surface area contributed by atoms with Gasteiger partial charge in [-0.25, -0.2) is 0 Å². The van der Waals surface area contributed by atoms with E-state index in [0.29, 0.717) is 5.88 Å². The van der Waals surface area contributed by atoms with Crippen molar-refractivity contribution >= 4 is 49.0 Å². The molecular formula is C11H10BrClS. The van der Waals surface area contributed by atoms with E-state index in [9.17, 15) is 0 Å². The van der Waals surface area contributed by atoms with Crippen molar-refractivity contribution in [1.82, 2.24) is 0 Å². The van der Waals surface area contributed by atoms with Gasteiger partial charge in [-0.2, -0.15) is 0 Å². The lowest BCUT2D eigenvalue weighted by Crippen LogP contribution is -1.89. The molecule has 0 unspecified atom stereocenters. The maximum atomic E-state index is 5.90. The molecule has 0 radical (unpaired) electrons. The Hall–Kier alpha value is -0.0500. The van der Waals surface area contributed by atoms with Crippen LogP contribution in [0.1, 0.15) is 18.1 Å². The molecule has 0 bridgehead atoms. The molecule has 1 aromatic heterocycles. The molecule has 0 N–H and O–H groups in total. The van der Waals surface area contributed by atoms with Crippen LogP contribution in [-0.4, -0.2) is 0 Å². The monoisotopic (exact) mass is 288 g/mol. The Bertz CT molecular complexity index is 462. The first kappa shape index (κ1) is 10.5. The summed E-state index contributed by atoms with van der Waals surface area (Å²) in [6, 6.07) is 4.32. The van der Waals surface area contributed by atoms with Gasteiger partial charge >= 0.3 is 0 Å². The number of hydrogen-bond acceptors (Lipinski definition) is 1. The summed E-state index contributed by atoms with van der Waals surface area (Å²) in [6.07, 6.45) is 1.04. The van der Waals surface area contributed by atoms with E-state index < -0.39 is 0 Å². The maximum Gasteiger partial charge on any atom is 0.0485 e. The number of aryl methyl sites for hydroxylation is 1. The Morgan fingerprint density at radius 2 is 2.29 bits per heavy atom. The summed E-state index contributed by atoms with van der Waals surface area (Å²) < 4.78 is 2.57. The maximum absolute atomic E-state index is 5.90. The Kier molecular flexibility index (Phi) is 3.15. The number of halogens is 2. The van der Waals surface area contributed by atoms with Crippen LogP contribution in [0.25, 0.3) is 10.1 Å². The summed E-state index contributed by atoms with van der Waals surface area (Å²) in [7, 11) is 0. The van der Waals surface area contributed by atoms with Crippen molar-refractivity contribution in [3.63, 3.8) is 0 Å². The first-order valence-electron chi connectivity index (χ1n) is 4.51. The fourth-order valence-electron chi connectivity index (χ4n) is 1.64. The van der Waals surface area contributed by atoms with Gasteiger partial charge in [0.15, 0.2) is 0 Å². The highest BCUT2D eigenvalue weighted by Gasteiger charge is 2.09. The molecule has 74 valence electrons. The smallest absolute Gasteiger partial charge is 0.0485 e. The van der Waals surface area contributed by atoms with E-state index in [4.69, 9.17) is 11.6 Å². The van der Waals surface area contributed by atoms with Crippen molar-refractivity contribution < 1.29 is 0 Å². The third-order valence-electron chi connectivity index (χ3n) is 2.34. The Balaban J connectivity index is 2.80. The van der Waals surface area contributed by atoms with Crippen LogP contribution in [-0.2, 0) is 12.3 Å². The van der Waals surface area contributed by atoms with E-state index >= 15 is 0 Å². The molecule has 1 heterocycles. The minimum absolute atomic E-state index is 0.569. The molecule has 3 heteroatoms. The van der Waals surface area contributed by atoms with Gasteiger partial charge in [0.2, 0.25) is 0 Å². The normalized spacial score (nSPS) is 11.1. The lowest BCUT2D eigenvalue weighted by Gasteiger charge is -2.07. The van der Waals surface area contributed by atoms with Crippen molar-refractivity contribution in [1.29, 1.82) is 0 Å². The molecular weight excluding hydrogens is 280 g/mol. The van der Waals surface area contributed by atoms with E-state index in [1.165, 1.54) is 25.7 Å². The number of benzene rings is 1. The Labute approximate surface area is 101 Å². The summed E-state index contributed by atoms with van der Waals surface area (Å²) in [4.78, 5) is 0. The molecule has 0 aliphatic rings. The molecule has 2 aromatic rings. The number of fused-ring (bicyclic) bond motifs is 1. The highest BCUT2D eigenvalue weighted by atomic mass is 79.9. The quantitative estimate of drug-likeness (QED) is 0.685. The zero-order valence-electron chi connectivity index (χ0n) is 7.81. The molecule has 14 heavy (non-hydrogen) atoms. The van der Waals surface area contributed by atoms with Crippen LogP contribution in [0.2, 0.25) is 0 Å². The van der Waals surface area contributed by atoms with Gasteiger partial charge in [0.1, 0.15) is 0 Å². The lowest BCUT2D eigenvalue weighted by atomic mass is 10.1. The van der Waals surface area contributed by atoms with Crippen molar-refractivity contribution in [2.75, 3.05) is 0 Å². The van der Waals surface area contributed by atoms with Gasteiger partial charge in [-0.3, -0.25) is 0 Å². The third kappa shape index (κ3) is 1.60. The van der Waals surface area contributed by atoms with E-state index in [1.54, 1.807) is 11.3 Å². The molecule has 0 atom stereocenters. The third-order valence-corrected chi connectivity index (χ3v) is 4.61. The van der Waals surface area contributed by atoms with Crippen LogP contribution in [0.5, 0.6) is 0 Å². The minimum Gasteiger partial charge on any atom is -0.143 e. The SMILES string of the molecule is CCc1c(Br)c(CCl)cc2ccsc12. The van der Waals surface area contributed by atoms with Gasteiger partial charge < -0.3 is 0 Å². The van der Waals surface area contributed by atoms with Crippen LogP contribution < -0.4 is 0 Å². The van der Waals surface area contributed by atoms with E-state index in [-0.39, 0.29) is 0 Å². The molecule has 0 aliphatic carbocycles. The van der Waals surface area contributed by atoms with Gasteiger partial charge in [-0.15, -0.1) is 22.9 Å². The highest BCUT2D eigenvalue weighted by molar-refractivity contribution is 9.10. The number of rotatable bonds is 2. The second-order valence-electron chi connectivity index (χ2n) is 3.15. The van der Waals surface area contributed by atoms with Gasteiger partial charge in [0.05, 0.1) is 0 Å². The van der Waals surface area contributed by atoms with Crippen LogP contribution in [0.3, 0.4) is 0 Å². The summed E-state index contributed by atoms with van der Waals surface area (Å²) in [5, 5.41) is 3.44. The van der Waals surface area contributed by atoms with Crippen molar-refractivity contribution in [3.8, 4) is 0 Å². The molecule has 0 amide bonds. The summed E-state index contributed by atoms with van der Waals surface area (Å²) in [5.74, 6) is 0.569. The first-order chi connectivity index (χ1) is 6.77. The zero-order chi connectivity index (χ0) is 10.1. The topological polar surface area (TPSA) is 0 Å². The van der Waals surface area contributed by atoms with Gasteiger partial charge in [0, 0.05) is 15.1 Å². The van der Waals surface area contributed by atoms with Crippen molar-refractivity contribution in [2.24, 2.45) is 0 Å². The van der Waals surface area contributed by atoms with Crippen LogP contribution >= 0.6 is 38.9 Å². The second-order valence-corrected chi connectivity index (χ2v) is 5.13. The second kappa shape index (κ2) is 4.21. The van der Waals surface area contributed by atoms with Crippen molar-refractivity contribution in [2.45, 2.75) is 19.2 Å². The molecule has 0 saturated heterocycles. The molecule has 0 saturated carbocycles. The highest BCUT2D eigenvalue weighted by Crippen LogP contribution is 2.34. The largest absolute Gasteiger partial charge is 0.143 e. The first-order valence-corrected chi connectivity index (χ1v) is 6.72. The standard InChI is InChI=1S/C11H10BrClS/c1-2-9-10(12)8(6-13)5-7-3-4-14-11(7)9/h3-5H,2,6H2,1H3. The van der Waals surface area contributed by atoms with Crippen LogP contribution in [0.4, 0.5) is 0 Å². The predicted molar refractivity (Wildman–Crippen MR) is 68.5 cm³/mol.